The van der Waals surface area contributed by atoms with Crippen LogP contribution in [0.2, 0.25) is 0 Å². The Morgan fingerprint density at radius 1 is 1.50 bits per heavy atom. The standard InChI is InChI=1S/C14H18BrFN4/c1-5-8-6-9(15)10(16)12-11(8)19-14(3,4)13(18)20(12)7(2)17/h6,17-19H,5H2,1-4H3. The van der Waals surface area contributed by atoms with Crippen molar-refractivity contribution in [2.24, 2.45) is 0 Å². The van der Waals surface area contributed by atoms with E-state index in [1.807, 2.05) is 20.8 Å². The van der Waals surface area contributed by atoms with Crippen molar-refractivity contribution in [1.29, 1.82) is 10.8 Å². The van der Waals surface area contributed by atoms with Crippen LogP contribution in [-0.2, 0) is 6.42 Å². The second kappa shape index (κ2) is 4.84. The first-order valence-electron chi connectivity index (χ1n) is 6.44. The largest absolute Gasteiger partial charge is 0.371 e. The number of nitrogens with one attached hydrogen (secondary N) is 3. The Kier molecular flexibility index (Phi) is 3.62. The van der Waals surface area contributed by atoms with Crippen LogP contribution in [0.3, 0.4) is 0 Å². The number of anilines is 2. The van der Waals surface area contributed by atoms with Gasteiger partial charge in [-0.3, -0.25) is 15.7 Å². The maximum Gasteiger partial charge on any atom is 0.163 e. The molecular weight excluding hydrogens is 323 g/mol. The molecule has 0 radical (unpaired) electrons. The van der Waals surface area contributed by atoms with Crippen LogP contribution in [0, 0.1) is 16.6 Å². The van der Waals surface area contributed by atoms with Gasteiger partial charge in [0, 0.05) is 0 Å². The molecule has 0 spiro atoms. The summed E-state index contributed by atoms with van der Waals surface area (Å²) in [4.78, 5) is 1.37. The number of benzene rings is 1. The molecule has 1 heterocycles. The van der Waals surface area contributed by atoms with Crippen LogP contribution >= 0.6 is 15.9 Å². The molecule has 0 amide bonds. The topological polar surface area (TPSA) is 63.0 Å². The van der Waals surface area contributed by atoms with Crippen LogP contribution < -0.4 is 10.2 Å². The Hall–Kier alpha value is -1.43. The second-order valence-electron chi connectivity index (χ2n) is 5.43. The van der Waals surface area contributed by atoms with E-state index in [0.717, 1.165) is 12.0 Å². The highest BCUT2D eigenvalue weighted by Crippen LogP contribution is 2.43. The fourth-order valence-corrected chi connectivity index (χ4v) is 2.85. The van der Waals surface area contributed by atoms with Crippen LogP contribution in [0.1, 0.15) is 33.3 Å². The highest BCUT2D eigenvalue weighted by molar-refractivity contribution is 9.10. The van der Waals surface area contributed by atoms with Crippen molar-refractivity contribution in [2.45, 2.75) is 39.7 Å². The van der Waals surface area contributed by atoms with E-state index in [2.05, 4.69) is 21.2 Å². The molecule has 0 bridgehead atoms. The fraction of sp³-hybridized carbons (Fsp3) is 0.429. The molecule has 0 aromatic heterocycles. The van der Waals surface area contributed by atoms with Crippen molar-refractivity contribution >= 4 is 39.0 Å². The van der Waals surface area contributed by atoms with Crippen molar-refractivity contribution in [3.05, 3.63) is 21.9 Å². The number of nitrogens with zero attached hydrogens (tertiary/aromatic N) is 1. The molecule has 0 atom stereocenters. The highest BCUT2D eigenvalue weighted by Gasteiger charge is 2.39. The normalized spacial score (nSPS) is 16.7. The molecule has 6 heteroatoms. The number of fused-ring (bicyclic) bond motifs is 1. The van der Waals surface area contributed by atoms with Crippen LogP contribution in [0.5, 0.6) is 0 Å². The first-order valence-corrected chi connectivity index (χ1v) is 7.23. The third-order valence-corrected chi connectivity index (χ3v) is 4.05. The van der Waals surface area contributed by atoms with Crippen molar-refractivity contribution < 1.29 is 4.39 Å². The quantitative estimate of drug-likeness (QED) is 0.531. The molecule has 20 heavy (non-hydrogen) atoms. The van der Waals surface area contributed by atoms with Gasteiger partial charge in [0.2, 0.25) is 0 Å². The van der Waals surface area contributed by atoms with Crippen LogP contribution in [0.4, 0.5) is 15.8 Å². The number of aryl methyl sites for hydroxylation is 1. The van der Waals surface area contributed by atoms with Gasteiger partial charge in [-0.25, -0.2) is 4.39 Å². The average molecular weight is 341 g/mol. The van der Waals surface area contributed by atoms with E-state index in [-0.39, 0.29) is 17.4 Å². The molecular formula is C14H18BrFN4. The summed E-state index contributed by atoms with van der Waals surface area (Å²) in [5.41, 5.74) is 1.23. The number of rotatable bonds is 1. The molecule has 0 fully saturated rings. The van der Waals surface area contributed by atoms with Gasteiger partial charge in [0.25, 0.3) is 0 Å². The maximum absolute atomic E-state index is 14.5. The van der Waals surface area contributed by atoms with E-state index in [9.17, 15) is 4.39 Å². The smallest absolute Gasteiger partial charge is 0.163 e. The summed E-state index contributed by atoms with van der Waals surface area (Å²) in [5, 5.41) is 19.4. The zero-order valence-corrected chi connectivity index (χ0v) is 13.6. The van der Waals surface area contributed by atoms with Crippen LogP contribution in [-0.4, -0.2) is 17.2 Å². The summed E-state index contributed by atoms with van der Waals surface area (Å²) < 4.78 is 14.9. The summed E-state index contributed by atoms with van der Waals surface area (Å²) in [5.74, 6) is -0.155. The lowest BCUT2D eigenvalue weighted by Gasteiger charge is -2.42. The monoisotopic (exact) mass is 340 g/mol. The Bertz CT molecular complexity index is 610. The number of amidine groups is 2. The predicted molar refractivity (Wildman–Crippen MR) is 84.8 cm³/mol. The van der Waals surface area contributed by atoms with Gasteiger partial charge >= 0.3 is 0 Å². The molecule has 2 rings (SSSR count). The van der Waals surface area contributed by atoms with Gasteiger partial charge in [-0.05, 0) is 54.8 Å². The summed E-state index contributed by atoms with van der Waals surface area (Å²) >= 11 is 3.22. The van der Waals surface area contributed by atoms with Crippen LogP contribution in [0.25, 0.3) is 0 Å². The van der Waals surface area contributed by atoms with Gasteiger partial charge in [-0.2, -0.15) is 0 Å². The Morgan fingerprint density at radius 2 is 2.10 bits per heavy atom. The average Bonchev–Trinajstić information content (AvgIpc) is 2.35. The molecule has 0 aliphatic carbocycles. The predicted octanol–water partition coefficient (Wildman–Crippen LogP) is 4.14. The lowest BCUT2D eigenvalue weighted by Crippen LogP contribution is -2.55. The Balaban J connectivity index is 2.82. The molecule has 108 valence electrons. The van der Waals surface area contributed by atoms with Gasteiger partial charge in [-0.1, -0.05) is 6.92 Å². The van der Waals surface area contributed by atoms with E-state index >= 15 is 0 Å². The van der Waals surface area contributed by atoms with Crippen molar-refractivity contribution in [3.8, 4) is 0 Å². The minimum atomic E-state index is -0.653. The molecule has 3 N–H and O–H groups in total. The highest BCUT2D eigenvalue weighted by atomic mass is 79.9. The number of halogens is 2. The molecule has 0 saturated heterocycles. The number of hydrogen-bond donors (Lipinski definition) is 3. The van der Waals surface area contributed by atoms with E-state index in [4.69, 9.17) is 10.8 Å². The third-order valence-electron chi connectivity index (χ3n) is 3.47. The molecule has 1 aromatic carbocycles. The molecule has 4 nitrogen and oxygen atoms in total. The van der Waals surface area contributed by atoms with Gasteiger partial charge in [0.1, 0.15) is 17.4 Å². The first kappa shape index (κ1) is 15.0. The minimum absolute atomic E-state index is 0.130. The van der Waals surface area contributed by atoms with Gasteiger partial charge in [-0.15, -0.1) is 0 Å². The van der Waals surface area contributed by atoms with Gasteiger partial charge in [0.05, 0.1) is 15.7 Å². The molecule has 1 aromatic rings. The lowest BCUT2D eigenvalue weighted by molar-refractivity contribution is 0.616. The zero-order valence-electron chi connectivity index (χ0n) is 12.0. The van der Waals surface area contributed by atoms with Crippen molar-refractivity contribution in [1.82, 2.24) is 0 Å². The summed E-state index contributed by atoms with van der Waals surface area (Å²) in [7, 11) is 0. The van der Waals surface area contributed by atoms with E-state index in [1.54, 1.807) is 13.0 Å². The summed E-state index contributed by atoms with van der Waals surface area (Å²) in [6.45, 7) is 7.27. The Morgan fingerprint density at radius 3 is 2.60 bits per heavy atom. The maximum atomic E-state index is 14.5. The molecule has 0 unspecified atom stereocenters. The Labute approximate surface area is 126 Å². The zero-order chi connectivity index (χ0) is 15.2. The third kappa shape index (κ3) is 2.12. The minimum Gasteiger partial charge on any atom is -0.371 e. The summed E-state index contributed by atoms with van der Waals surface area (Å²) in [6, 6.07) is 1.75. The summed E-state index contributed by atoms with van der Waals surface area (Å²) in [6.07, 6.45) is 0.739. The first-order chi connectivity index (χ1) is 9.20. The van der Waals surface area contributed by atoms with Crippen LogP contribution in [0.15, 0.2) is 10.5 Å². The van der Waals surface area contributed by atoms with Crippen molar-refractivity contribution in [2.75, 3.05) is 10.2 Å². The number of hydrogen-bond acceptors (Lipinski definition) is 3. The van der Waals surface area contributed by atoms with Gasteiger partial charge in [0.15, 0.2) is 5.82 Å². The van der Waals surface area contributed by atoms with E-state index in [0.29, 0.717) is 10.2 Å². The molecule has 1 aliphatic rings. The SMILES string of the molecule is CCc1cc(Br)c(F)c2c1NC(C)(C)C(=N)N2C(C)=N. The molecule has 1 aliphatic heterocycles. The van der Waals surface area contributed by atoms with E-state index < -0.39 is 11.4 Å². The fourth-order valence-electron chi connectivity index (χ4n) is 2.39. The molecule has 0 saturated carbocycles. The second-order valence-corrected chi connectivity index (χ2v) is 6.28. The van der Waals surface area contributed by atoms with E-state index in [1.165, 1.54) is 4.90 Å². The van der Waals surface area contributed by atoms with Gasteiger partial charge < -0.3 is 5.32 Å². The lowest BCUT2D eigenvalue weighted by atomic mass is 9.94. The van der Waals surface area contributed by atoms with Crippen molar-refractivity contribution in [3.63, 3.8) is 0 Å².